The molecule has 0 radical (unpaired) electrons. The minimum Gasteiger partial charge on any atom is -0.481 e. The number of piperidine rings is 1. The fourth-order valence-electron chi connectivity index (χ4n) is 4.37. The van der Waals surface area contributed by atoms with Gasteiger partial charge in [-0.25, -0.2) is 0 Å². The molecule has 2 N–H and O–H groups in total. The third-order valence-corrected chi connectivity index (χ3v) is 6.09. The average molecular weight is 372 g/mol. The summed E-state index contributed by atoms with van der Waals surface area (Å²) in [6, 6.07) is 9.17. The molecule has 1 aliphatic heterocycles. The molecule has 1 aliphatic carbocycles. The van der Waals surface area contributed by atoms with E-state index in [0.717, 1.165) is 12.8 Å². The number of nitrogens with zero attached hydrogens (tertiary/aromatic N) is 1. The van der Waals surface area contributed by atoms with E-state index in [4.69, 9.17) is 0 Å². The third kappa shape index (κ3) is 4.31. The molecule has 1 saturated carbocycles. The molecule has 27 heavy (non-hydrogen) atoms. The molecule has 0 spiro atoms. The molecule has 0 aromatic heterocycles. The molecule has 2 aliphatic rings. The Balaban J connectivity index is 1.57. The van der Waals surface area contributed by atoms with Gasteiger partial charge in [-0.3, -0.25) is 14.4 Å². The molecule has 2 unspecified atom stereocenters. The summed E-state index contributed by atoms with van der Waals surface area (Å²) >= 11 is 0. The van der Waals surface area contributed by atoms with Gasteiger partial charge in [0.15, 0.2) is 0 Å². The molecule has 146 valence electrons. The SMILES string of the molecule is CC1(NC(=O)C2CCN(C(=O)c3ccccc3)CC2)CCCCC1C(=O)O. The van der Waals surface area contributed by atoms with Crippen LogP contribution in [-0.4, -0.2) is 46.4 Å². The lowest BCUT2D eigenvalue weighted by atomic mass is 9.73. The number of hydrogen-bond donors (Lipinski definition) is 2. The van der Waals surface area contributed by atoms with Gasteiger partial charge in [-0.1, -0.05) is 31.0 Å². The second kappa shape index (κ2) is 8.11. The first-order valence-corrected chi connectivity index (χ1v) is 9.80. The number of nitrogens with one attached hydrogen (secondary N) is 1. The van der Waals surface area contributed by atoms with Crippen molar-refractivity contribution in [2.75, 3.05) is 13.1 Å². The zero-order chi connectivity index (χ0) is 19.4. The second-order valence-corrected chi connectivity index (χ2v) is 7.98. The zero-order valence-electron chi connectivity index (χ0n) is 15.8. The molecule has 6 heteroatoms. The van der Waals surface area contributed by atoms with E-state index in [2.05, 4.69) is 5.32 Å². The molecule has 3 rings (SSSR count). The molecular formula is C21H28N2O4. The van der Waals surface area contributed by atoms with Crippen LogP contribution in [0.1, 0.15) is 55.8 Å². The molecular weight excluding hydrogens is 344 g/mol. The maximum Gasteiger partial charge on any atom is 0.308 e. The number of hydrogen-bond acceptors (Lipinski definition) is 3. The number of benzene rings is 1. The molecule has 1 saturated heterocycles. The average Bonchev–Trinajstić information content (AvgIpc) is 2.68. The van der Waals surface area contributed by atoms with Gasteiger partial charge in [-0.05, 0) is 44.7 Å². The molecule has 2 amide bonds. The summed E-state index contributed by atoms with van der Waals surface area (Å²) < 4.78 is 0. The predicted molar refractivity (Wildman–Crippen MR) is 101 cm³/mol. The van der Waals surface area contributed by atoms with Crippen LogP contribution in [-0.2, 0) is 9.59 Å². The highest BCUT2D eigenvalue weighted by Gasteiger charge is 2.43. The van der Waals surface area contributed by atoms with Crippen LogP contribution >= 0.6 is 0 Å². The van der Waals surface area contributed by atoms with Crippen molar-refractivity contribution >= 4 is 17.8 Å². The van der Waals surface area contributed by atoms with Gasteiger partial charge in [0.2, 0.25) is 5.91 Å². The van der Waals surface area contributed by atoms with Gasteiger partial charge in [0.05, 0.1) is 11.5 Å². The standard InChI is InChI=1S/C21H28N2O4/c1-21(12-6-5-9-17(21)20(26)27)22-18(24)15-10-13-23(14-11-15)19(25)16-7-3-2-4-8-16/h2-4,7-8,15,17H,5-6,9-14H2,1H3,(H,22,24)(H,26,27). The Morgan fingerprint density at radius 3 is 2.37 bits per heavy atom. The fraction of sp³-hybridized carbons (Fsp3) is 0.571. The highest BCUT2D eigenvalue weighted by atomic mass is 16.4. The highest BCUT2D eigenvalue weighted by Crippen LogP contribution is 2.34. The van der Waals surface area contributed by atoms with Crippen LogP contribution in [0.3, 0.4) is 0 Å². The van der Waals surface area contributed by atoms with Crippen molar-refractivity contribution in [2.45, 2.75) is 51.0 Å². The first kappa shape index (κ1) is 19.4. The summed E-state index contributed by atoms with van der Waals surface area (Å²) in [5.41, 5.74) is -0.0163. The smallest absolute Gasteiger partial charge is 0.308 e. The number of likely N-dealkylation sites (tertiary alicyclic amines) is 1. The number of carbonyl (C=O) groups is 3. The van der Waals surface area contributed by atoms with Crippen molar-refractivity contribution < 1.29 is 19.5 Å². The molecule has 2 fully saturated rings. The zero-order valence-corrected chi connectivity index (χ0v) is 15.8. The Morgan fingerprint density at radius 1 is 1.07 bits per heavy atom. The first-order chi connectivity index (χ1) is 12.9. The maximum absolute atomic E-state index is 12.8. The van der Waals surface area contributed by atoms with E-state index in [1.807, 2.05) is 25.1 Å². The molecule has 1 aromatic rings. The summed E-state index contributed by atoms with van der Waals surface area (Å²) in [4.78, 5) is 38.7. The van der Waals surface area contributed by atoms with Gasteiger partial charge in [-0.2, -0.15) is 0 Å². The lowest BCUT2D eigenvalue weighted by Crippen LogP contribution is -2.57. The quantitative estimate of drug-likeness (QED) is 0.851. The summed E-state index contributed by atoms with van der Waals surface area (Å²) in [5, 5.41) is 12.6. The highest BCUT2D eigenvalue weighted by molar-refractivity contribution is 5.94. The monoisotopic (exact) mass is 372 g/mol. The second-order valence-electron chi connectivity index (χ2n) is 7.98. The van der Waals surface area contributed by atoms with Crippen molar-refractivity contribution in [3.8, 4) is 0 Å². The van der Waals surface area contributed by atoms with Gasteiger partial charge in [0.1, 0.15) is 0 Å². The van der Waals surface area contributed by atoms with Crippen LogP contribution < -0.4 is 5.32 Å². The van der Waals surface area contributed by atoms with E-state index in [9.17, 15) is 19.5 Å². The van der Waals surface area contributed by atoms with E-state index in [1.54, 1.807) is 17.0 Å². The third-order valence-electron chi connectivity index (χ3n) is 6.09. The number of carbonyl (C=O) groups excluding carboxylic acids is 2. The minimum atomic E-state index is -0.833. The predicted octanol–water partition coefficient (Wildman–Crippen LogP) is 2.69. The van der Waals surface area contributed by atoms with E-state index in [1.165, 1.54) is 0 Å². The van der Waals surface area contributed by atoms with Gasteiger partial charge in [-0.15, -0.1) is 0 Å². The number of carboxylic acid groups (broad SMARTS) is 1. The molecule has 6 nitrogen and oxygen atoms in total. The van der Waals surface area contributed by atoms with Crippen LogP contribution in [0.25, 0.3) is 0 Å². The van der Waals surface area contributed by atoms with Crippen LogP contribution in [0.2, 0.25) is 0 Å². The van der Waals surface area contributed by atoms with E-state index in [0.29, 0.717) is 44.3 Å². The maximum atomic E-state index is 12.8. The lowest BCUT2D eigenvalue weighted by Gasteiger charge is -2.41. The summed E-state index contributed by atoms with van der Waals surface area (Å²) in [6.07, 6.45) is 4.35. The van der Waals surface area contributed by atoms with Crippen molar-refractivity contribution in [3.63, 3.8) is 0 Å². The Hall–Kier alpha value is -2.37. The normalized spacial score (nSPS) is 26.4. The van der Waals surface area contributed by atoms with Crippen LogP contribution in [0.5, 0.6) is 0 Å². The Bertz CT molecular complexity index is 697. The van der Waals surface area contributed by atoms with Gasteiger partial charge in [0.25, 0.3) is 5.91 Å². The molecule has 0 bridgehead atoms. The summed E-state index contributed by atoms with van der Waals surface area (Å²) in [5.74, 6) is -1.61. The Morgan fingerprint density at radius 2 is 1.74 bits per heavy atom. The van der Waals surface area contributed by atoms with Crippen molar-refractivity contribution in [2.24, 2.45) is 11.8 Å². The van der Waals surface area contributed by atoms with Gasteiger partial charge >= 0.3 is 5.97 Å². The first-order valence-electron chi connectivity index (χ1n) is 9.80. The summed E-state index contributed by atoms with van der Waals surface area (Å²) in [7, 11) is 0. The number of rotatable bonds is 4. The number of carboxylic acids is 1. The molecule has 2 atom stereocenters. The van der Waals surface area contributed by atoms with Crippen LogP contribution in [0, 0.1) is 11.8 Å². The largest absolute Gasteiger partial charge is 0.481 e. The molecule has 1 heterocycles. The van der Waals surface area contributed by atoms with Gasteiger partial charge < -0.3 is 15.3 Å². The number of amides is 2. The fourth-order valence-corrected chi connectivity index (χ4v) is 4.37. The molecule has 1 aromatic carbocycles. The van der Waals surface area contributed by atoms with Crippen molar-refractivity contribution in [1.82, 2.24) is 10.2 Å². The Labute approximate surface area is 159 Å². The van der Waals surface area contributed by atoms with E-state index >= 15 is 0 Å². The van der Waals surface area contributed by atoms with E-state index < -0.39 is 17.4 Å². The topological polar surface area (TPSA) is 86.7 Å². The minimum absolute atomic E-state index is 0.000332. The number of aliphatic carboxylic acids is 1. The van der Waals surface area contributed by atoms with Crippen molar-refractivity contribution in [1.29, 1.82) is 0 Å². The van der Waals surface area contributed by atoms with E-state index in [-0.39, 0.29) is 17.7 Å². The van der Waals surface area contributed by atoms with Crippen molar-refractivity contribution in [3.05, 3.63) is 35.9 Å². The summed E-state index contributed by atoms with van der Waals surface area (Å²) in [6.45, 7) is 2.95. The van der Waals surface area contributed by atoms with Crippen LogP contribution in [0.15, 0.2) is 30.3 Å². The lowest BCUT2D eigenvalue weighted by molar-refractivity contribution is -0.147. The van der Waals surface area contributed by atoms with Crippen LogP contribution in [0.4, 0.5) is 0 Å². The van der Waals surface area contributed by atoms with Gasteiger partial charge in [0, 0.05) is 24.6 Å². The Kier molecular flexibility index (Phi) is 5.82.